The van der Waals surface area contributed by atoms with Crippen LogP contribution in [0.5, 0.6) is 5.75 Å². The van der Waals surface area contributed by atoms with Crippen molar-refractivity contribution in [2.24, 2.45) is 7.05 Å². The van der Waals surface area contributed by atoms with Gasteiger partial charge in [-0.1, -0.05) is 24.3 Å². The van der Waals surface area contributed by atoms with Crippen molar-refractivity contribution in [3.8, 4) is 17.0 Å². The number of rotatable bonds is 5. The van der Waals surface area contributed by atoms with Gasteiger partial charge in [-0.05, 0) is 30.7 Å². The quantitative estimate of drug-likeness (QED) is 0.535. The molecule has 152 valence electrons. The van der Waals surface area contributed by atoms with E-state index in [1.165, 1.54) is 4.57 Å². The number of aromatic nitrogens is 3. The van der Waals surface area contributed by atoms with Crippen molar-refractivity contribution in [1.29, 1.82) is 0 Å². The van der Waals surface area contributed by atoms with Crippen molar-refractivity contribution >= 4 is 22.6 Å². The summed E-state index contributed by atoms with van der Waals surface area (Å²) in [5, 5.41) is 3.66. The van der Waals surface area contributed by atoms with E-state index >= 15 is 0 Å². The molecule has 0 bridgehead atoms. The first-order chi connectivity index (χ1) is 14.5. The molecule has 1 aromatic carbocycles. The maximum atomic E-state index is 12.6. The third-order valence-electron chi connectivity index (χ3n) is 5.06. The molecule has 4 rings (SSSR count). The fourth-order valence-corrected chi connectivity index (χ4v) is 3.54. The normalized spacial score (nSPS) is 10.9. The topological polar surface area (TPSA) is 89.0 Å². The summed E-state index contributed by atoms with van der Waals surface area (Å²) in [4.78, 5) is 32.6. The Bertz CT molecular complexity index is 1300. The largest absolute Gasteiger partial charge is 0.496 e. The molecule has 0 fully saturated rings. The van der Waals surface area contributed by atoms with Crippen LogP contribution in [0.2, 0.25) is 0 Å². The van der Waals surface area contributed by atoms with Crippen LogP contribution in [-0.4, -0.2) is 27.6 Å². The molecule has 4 aromatic rings. The molecule has 0 aliphatic carbocycles. The van der Waals surface area contributed by atoms with Crippen molar-refractivity contribution in [3.05, 3.63) is 76.3 Å². The summed E-state index contributed by atoms with van der Waals surface area (Å²) in [7, 11) is 3.29. The molecule has 0 atom stereocenters. The molecule has 0 spiro atoms. The Kier molecular flexibility index (Phi) is 5.10. The summed E-state index contributed by atoms with van der Waals surface area (Å²) < 4.78 is 6.85. The van der Waals surface area contributed by atoms with Gasteiger partial charge in [0.2, 0.25) is 5.91 Å². The van der Waals surface area contributed by atoms with Crippen LogP contribution in [0.3, 0.4) is 0 Å². The second kappa shape index (κ2) is 7.87. The predicted molar refractivity (Wildman–Crippen MR) is 117 cm³/mol. The first-order valence-electron chi connectivity index (χ1n) is 9.54. The van der Waals surface area contributed by atoms with E-state index in [1.807, 2.05) is 43.3 Å². The molecule has 3 aromatic heterocycles. The monoisotopic (exact) mass is 402 g/mol. The second-order valence-corrected chi connectivity index (χ2v) is 7.12. The second-order valence-electron chi connectivity index (χ2n) is 7.12. The highest BCUT2D eigenvalue weighted by Gasteiger charge is 2.15. The molecular formula is C23H22N4O3. The Hall–Kier alpha value is -3.87. The van der Waals surface area contributed by atoms with Crippen molar-refractivity contribution in [2.45, 2.75) is 13.3 Å². The van der Waals surface area contributed by atoms with Crippen LogP contribution < -0.4 is 15.6 Å². The number of hydrogen-bond donors (Lipinski definition) is 2. The number of amides is 1. The lowest BCUT2D eigenvalue weighted by molar-refractivity contribution is -0.115. The maximum absolute atomic E-state index is 12.6. The summed E-state index contributed by atoms with van der Waals surface area (Å²) in [6, 6.07) is 13.0. The van der Waals surface area contributed by atoms with Crippen LogP contribution in [0.1, 0.15) is 11.1 Å². The number of methoxy groups -OCH3 is 1. The molecule has 0 aliphatic rings. The highest BCUT2D eigenvalue weighted by molar-refractivity contribution is 5.95. The number of benzene rings is 1. The Labute approximate surface area is 173 Å². The Balaban J connectivity index is 1.66. The van der Waals surface area contributed by atoms with Gasteiger partial charge in [0.05, 0.1) is 19.2 Å². The number of para-hydroxylation sites is 1. The number of hydrogen-bond acceptors (Lipinski definition) is 4. The van der Waals surface area contributed by atoms with Crippen LogP contribution in [-0.2, 0) is 18.3 Å². The number of aromatic amines is 1. The van der Waals surface area contributed by atoms with Gasteiger partial charge in [-0.15, -0.1) is 0 Å². The summed E-state index contributed by atoms with van der Waals surface area (Å²) in [5.41, 5.74) is 3.72. The lowest BCUT2D eigenvalue weighted by Gasteiger charge is -2.12. The van der Waals surface area contributed by atoms with E-state index < -0.39 is 0 Å². The molecule has 7 nitrogen and oxygen atoms in total. The van der Waals surface area contributed by atoms with Gasteiger partial charge in [-0.25, -0.2) is 4.98 Å². The summed E-state index contributed by atoms with van der Waals surface area (Å²) in [6.07, 6.45) is 3.69. The number of pyridine rings is 2. The summed E-state index contributed by atoms with van der Waals surface area (Å²) in [6.45, 7) is 1.95. The minimum absolute atomic E-state index is 0.0994. The molecule has 0 saturated carbocycles. The third-order valence-corrected chi connectivity index (χ3v) is 5.06. The highest BCUT2D eigenvalue weighted by Crippen LogP contribution is 2.28. The zero-order valence-corrected chi connectivity index (χ0v) is 17.0. The lowest BCUT2D eigenvalue weighted by atomic mass is 10.0. The predicted octanol–water partition coefficient (Wildman–Crippen LogP) is 3.43. The number of fused-ring (bicyclic) bond motifs is 1. The highest BCUT2D eigenvalue weighted by atomic mass is 16.5. The molecule has 7 heteroatoms. The number of nitrogens with zero attached hydrogens (tertiary/aromatic N) is 2. The van der Waals surface area contributed by atoms with Crippen molar-refractivity contribution < 1.29 is 9.53 Å². The average Bonchev–Trinajstić information content (AvgIpc) is 3.23. The lowest BCUT2D eigenvalue weighted by Crippen LogP contribution is -2.17. The van der Waals surface area contributed by atoms with Gasteiger partial charge >= 0.3 is 0 Å². The van der Waals surface area contributed by atoms with E-state index in [4.69, 9.17) is 4.74 Å². The average molecular weight is 402 g/mol. The number of aryl methyl sites for hydroxylation is 2. The van der Waals surface area contributed by atoms with Crippen LogP contribution in [0.15, 0.2) is 59.7 Å². The van der Waals surface area contributed by atoms with E-state index in [0.29, 0.717) is 22.8 Å². The van der Waals surface area contributed by atoms with Crippen LogP contribution in [0.25, 0.3) is 22.2 Å². The van der Waals surface area contributed by atoms with Gasteiger partial charge in [0.25, 0.3) is 5.56 Å². The molecule has 0 aliphatic heterocycles. The van der Waals surface area contributed by atoms with Gasteiger partial charge in [0.15, 0.2) is 0 Å². The first kappa shape index (κ1) is 19.4. The molecular weight excluding hydrogens is 380 g/mol. The van der Waals surface area contributed by atoms with E-state index in [2.05, 4.69) is 15.3 Å². The standard InChI is InChI=1S/C23H22N4O3/c1-14-8-9-19(25-20(28)12-15-6-4-5-7-18(15)30-3)26-21(14)17-13-27(2)23(29)22-16(17)10-11-24-22/h4-11,13,24H,12H2,1-3H3,(H,25,26,28). The van der Waals surface area contributed by atoms with Gasteiger partial charge in [-0.3, -0.25) is 9.59 Å². The van der Waals surface area contributed by atoms with Crippen LogP contribution in [0.4, 0.5) is 5.82 Å². The summed E-state index contributed by atoms with van der Waals surface area (Å²) in [5.74, 6) is 0.937. The van der Waals surface area contributed by atoms with E-state index in [0.717, 1.165) is 22.1 Å². The van der Waals surface area contributed by atoms with Crippen LogP contribution in [0, 0.1) is 6.92 Å². The molecule has 2 N–H and O–H groups in total. The van der Waals surface area contributed by atoms with E-state index in [9.17, 15) is 9.59 Å². The fraction of sp³-hybridized carbons (Fsp3) is 0.174. The Morgan fingerprint density at radius 3 is 2.80 bits per heavy atom. The number of anilines is 1. The fourth-order valence-electron chi connectivity index (χ4n) is 3.54. The molecule has 3 heterocycles. The van der Waals surface area contributed by atoms with Crippen LogP contribution >= 0.6 is 0 Å². The molecule has 0 radical (unpaired) electrons. The Morgan fingerprint density at radius 1 is 1.20 bits per heavy atom. The summed E-state index contributed by atoms with van der Waals surface area (Å²) >= 11 is 0. The molecule has 0 unspecified atom stereocenters. The minimum atomic E-state index is -0.186. The Morgan fingerprint density at radius 2 is 2.00 bits per heavy atom. The zero-order chi connectivity index (χ0) is 21.3. The molecule has 1 amide bonds. The third kappa shape index (κ3) is 3.57. The number of ether oxygens (including phenoxy) is 1. The van der Waals surface area contributed by atoms with Gasteiger partial charge in [0.1, 0.15) is 17.1 Å². The number of H-pyrrole nitrogens is 1. The van der Waals surface area contributed by atoms with Crippen molar-refractivity contribution in [2.75, 3.05) is 12.4 Å². The smallest absolute Gasteiger partial charge is 0.274 e. The minimum Gasteiger partial charge on any atom is -0.496 e. The van der Waals surface area contributed by atoms with Gasteiger partial charge in [-0.2, -0.15) is 0 Å². The molecule has 30 heavy (non-hydrogen) atoms. The SMILES string of the molecule is COc1ccccc1CC(=O)Nc1ccc(C)c(-c2cn(C)c(=O)c3[nH]ccc23)n1. The first-order valence-corrected chi connectivity index (χ1v) is 9.54. The van der Waals surface area contributed by atoms with Gasteiger partial charge < -0.3 is 19.6 Å². The number of nitrogens with one attached hydrogen (secondary N) is 2. The van der Waals surface area contributed by atoms with E-state index in [-0.39, 0.29) is 17.9 Å². The number of carbonyl (C=O) groups excluding carboxylic acids is 1. The molecule has 0 saturated heterocycles. The van der Waals surface area contributed by atoms with Gasteiger partial charge in [0, 0.05) is 36.0 Å². The van der Waals surface area contributed by atoms with E-state index in [1.54, 1.807) is 32.6 Å². The maximum Gasteiger partial charge on any atom is 0.274 e. The zero-order valence-electron chi connectivity index (χ0n) is 17.0. The van der Waals surface area contributed by atoms with Crippen molar-refractivity contribution in [3.63, 3.8) is 0 Å². The number of carbonyl (C=O) groups is 1. The van der Waals surface area contributed by atoms with Crippen molar-refractivity contribution in [1.82, 2.24) is 14.5 Å².